The van der Waals surface area contributed by atoms with E-state index < -0.39 is 73.1 Å². The van der Waals surface area contributed by atoms with Crippen LogP contribution in [0.4, 0.5) is 0 Å². The third-order valence-corrected chi connectivity index (χ3v) is 7.05. The van der Waals surface area contributed by atoms with E-state index in [1.165, 1.54) is 37.4 Å². The van der Waals surface area contributed by atoms with E-state index in [9.17, 15) is 45.6 Å². The van der Waals surface area contributed by atoms with Crippen LogP contribution in [-0.2, 0) is 14.2 Å². The molecule has 3 aromatic rings. The second-order valence-corrected chi connectivity index (χ2v) is 9.89. The molecule has 0 amide bonds. The Bertz CT molecular complexity index is 1470. The third kappa shape index (κ3) is 5.74. The van der Waals surface area contributed by atoms with Gasteiger partial charge in [-0.25, -0.2) is 0 Å². The highest BCUT2D eigenvalue weighted by Crippen LogP contribution is 2.36. The number of aliphatic hydroxyl groups is 6. The molecule has 8 N–H and O–H groups in total. The smallest absolute Gasteiger partial charge is 0.229 e. The summed E-state index contributed by atoms with van der Waals surface area (Å²) in [5.74, 6) is -0.711. The number of hydrogen-bond donors (Lipinski definition) is 8. The summed E-state index contributed by atoms with van der Waals surface area (Å²) in [7, 11) is 1.35. The zero-order valence-corrected chi connectivity index (χ0v) is 22.0. The summed E-state index contributed by atoms with van der Waals surface area (Å²) in [6.45, 7) is -0.829. The van der Waals surface area contributed by atoms with E-state index in [0.717, 1.165) is 6.07 Å². The lowest BCUT2D eigenvalue weighted by atomic mass is 9.99. The van der Waals surface area contributed by atoms with Crippen LogP contribution in [0.5, 0.6) is 23.0 Å². The molecule has 2 aliphatic heterocycles. The molecule has 2 aromatic carbocycles. The fourth-order valence-corrected chi connectivity index (χ4v) is 4.65. The second kappa shape index (κ2) is 12.0. The summed E-state index contributed by atoms with van der Waals surface area (Å²) in [5, 5.41) is 80.5. The molecule has 2 fully saturated rings. The third-order valence-electron chi connectivity index (χ3n) is 7.05. The lowest BCUT2D eigenvalue weighted by molar-refractivity contribution is -0.307. The lowest BCUT2D eigenvalue weighted by Crippen LogP contribution is -2.61. The van der Waals surface area contributed by atoms with Crippen LogP contribution < -0.4 is 14.9 Å². The standard InChI is InChI=1S/C27H30O15/c1-37-11-5-17-20(14(30)7-16(40-17)10-2-3-12(28)13(29)4-10)18(6-11)41-27-25(36)23(34)22(33)19(42-27)9-39-26-24(35)21(32)15(31)8-38-26/h2-7,15,19,21-29,31-36H,8-9H2,1H3/t15-,19+,21+,22+,23-,24-,25+,26-,27+/m1/s1. The van der Waals surface area contributed by atoms with Crippen molar-refractivity contribution in [1.29, 1.82) is 0 Å². The maximum atomic E-state index is 13.2. The van der Waals surface area contributed by atoms with Gasteiger partial charge < -0.3 is 69.0 Å². The zero-order valence-electron chi connectivity index (χ0n) is 22.0. The molecular formula is C27H30O15. The first-order valence-electron chi connectivity index (χ1n) is 12.8. The van der Waals surface area contributed by atoms with Gasteiger partial charge in [0, 0.05) is 23.8 Å². The van der Waals surface area contributed by atoms with Gasteiger partial charge in [-0.2, -0.15) is 0 Å². The van der Waals surface area contributed by atoms with E-state index in [0.29, 0.717) is 0 Å². The van der Waals surface area contributed by atoms with Crippen molar-refractivity contribution in [1.82, 2.24) is 0 Å². The number of aliphatic hydroxyl groups excluding tert-OH is 6. The molecule has 15 nitrogen and oxygen atoms in total. The van der Waals surface area contributed by atoms with Gasteiger partial charge >= 0.3 is 0 Å². The summed E-state index contributed by atoms with van der Waals surface area (Å²) in [6, 6.07) is 7.71. The van der Waals surface area contributed by atoms with Gasteiger partial charge in [0.1, 0.15) is 71.0 Å². The number of phenolic OH excluding ortho intramolecular Hbond substituents is 2. The summed E-state index contributed by atoms with van der Waals surface area (Å²) in [4.78, 5) is 13.2. The Labute approximate surface area is 236 Å². The lowest BCUT2D eigenvalue weighted by Gasteiger charge is -2.41. The van der Waals surface area contributed by atoms with Gasteiger partial charge in [-0.05, 0) is 18.2 Å². The van der Waals surface area contributed by atoms with Crippen molar-refractivity contribution in [3.8, 4) is 34.3 Å². The number of hydrogen-bond acceptors (Lipinski definition) is 15. The predicted octanol–water partition coefficient (Wildman–Crippen LogP) is -1.48. The van der Waals surface area contributed by atoms with E-state index in [1.54, 1.807) is 0 Å². The van der Waals surface area contributed by atoms with Gasteiger partial charge in [-0.1, -0.05) is 0 Å². The molecule has 228 valence electrons. The highest BCUT2D eigenvalue weighted by molar-refractivity contribution is 5.86. The van der Waals surface area contributed by atoms with Crippen molar-refractivity contribution in [3.63, 3.8) is 0 Å². The highest BCUT2D eigenvalue weighted by Gasteiger charge is 2.46. The summed E-state index contributed by atoms with van der Waals surface area (Å²) in [5.41, 5.74) is -0.310. The van der Waals surface area contributed by atoms with Crippen molar-refractivity contribution >= 4 is 11.0 Å². The summed E-state index contributed by atoms with van der Waals surface area (Å²) in [6.07, 6.45) is -14.1. The van der Waals surface area contributed by atoms with Crippen LogP contribution in [0.25, 0.3) is 22.3 Å². The average molecular weight is 595 g/mol. The molecule has 0 spiro atoms. The highest BCUT2D eigenvalue weighted by atomic mass is 16.7. The Morgan fingerprint density at radius 3 is 2.31 bits per heavy atom. The SMILES string of the molecule is COc1cc(O[C@H]2O[C@@H](CO[C@H]3OC[C@@H](O)[C@H](O)[C@H]3O)[C@H](O)[C@@H](O)[C@@H]2O)c2c(=O)cc(-c3ccc(O)c(O)c3)oc2c1. The Hall–Kier alpha value is -3.51. The van der Waals surface area contributed by atoms with Crippen LogP contribution in [0.2, 0.25) is 0 Å². The molecule has 0 unspecified atom stereocenters. The van der Waals surface area contributed by atoms with E-state index in [-0.39, 0.29) is 46.1 Å². The van der Waals surface area contributed by atoms with Crippen LogP contribution in [0.15, 0.2) is 45.6 Å². The maximum Gasteiger partial charge on any atom is 0.229 e. The van der Waals surface area contributed by atoms with Gasteiger partial charge in [0.15, 0.2) is 23.2 Å². The largest absolute Gasteiger partial charge is 0.504 e. The van der Waals surface area contributed by atoms with Crippen molar-refractivity contribution in [2.45, 2.75) is 55.3 Å². The molecular weight excluding hydrogens is 564 g/mol. The number of ether oxygens (including phenoxy) is 5. The van der Waals surface area contributed by atoms with Crippen molar-refractivity contribution in [2.24, 2.45) is 0 Å². The van der Waals surface area contributed by atoms with Crippen LogP contribution >= 0.6 is 0 Å². The number of phenols is 2. The minimum absolute atomic E-state index is 0.00522. The first kappa shape index (κ1) is 30.0. The van der Waals surface area contributed by atoms with E-state index in [2.05, 4.69) is 0 Å². The molecule has 0 aliphatic carbocycles. The van der Waals surface area contributed by atoms with Crippen LogP contribution in [0, 0.1) is 0 Å². The van der Waals surface area contributed by atoms with Crippen LogP contribution in [-0.4, -0.2) is 116 Å². The normalized spacial score (nSPS) is 31.6. The molecule has 42 heavy (non-hydrogen) atoms. The molecule has 3 heterocycles. The summed E-state index contributed by atoms with van der Waals surface area (Å²) >= 11 is 0. The Morgan fingerprint density at radius 2 is 1.60 bits per heavy atom. The first-order valence-corrected chi connectivity index (χ1v) is 12.8. The molecule has 2 saturated heterocycles. The molecule has 0 radical (unpaired) electrons. The molecule has 15 heteroatoms. The topological polar surface area (TPSA) is 238 Å². The fourth-order valence-electron chi connectivity index (χ4n) is 4.65. The van der Waals surface area contributed by atoms with Crippen molar-refractivity contribution in [2.75, 3.05) is 20.3 Å². The van der Waals surface area contributed by atoms with Gasteiger partial charge in [-0.15, -0.1) is 0 Å². The zero-order chi connectivity index (χ0) is 30.3. The van der Waals surface area contributed by atoms with Gasteiger partial charge in [-0.3, -0.25) is 4.79 Å². The van der Waals surface area contributed by atoms with Crippen LogP contribution in [0.3, 0.4) is 0 Å². The molecule has 0 bridgehead atoms. The monoisotopic (exact) mass is 594 g/mol. The minimum atomic E-state index is -1.79. The Kier molecular flexibility index (Phi) is 8.56. The number of methoxy groups -OCH3 is 1. The number of aromatic hydroxyl groups is 2. The Morgan fingerprint density at radius 1 is 0.857 bits per heavy atom. The molecule has 0 saturated carbocycles. The number of fused-ring (bicyclic) bond motifs is 1. The number of benzene rings is 2. The van der Waals surface area contributed by atoms with Crippen molar-refractivity contribution < 1.29 is 69.0 Å². The van der Waals surface area contributed by atoms with Gasteiger partial charge in [0.25, 0.3) is 0 Å². The molecule has 2 aliphatic rings. The number of rotatable bonds is 7. The average Bonchev–Trinajstić information content (AvgIpc) is 2.97. The second-order valence-electron chi connectivity index (χ2n) is 9.89. The van der Waals surface area contributed by atoms with Gasteiger partial charge in [0.05, 0.1) is 20.3 Å². The van der Waals surface area contributed by atoms with Crippen molar-refractivity contribution in [3.05, 3.63) is 46.6 Å². The summed E-state index contributed by atoms with van der Waals surface area (Å²) < 4.78 is 33.2. The van der Waals surface area contributed by atoms with E-state index in [4.69, 9.17) is 28.1 Å². The predicted molar refractivity (Wildman–Crippen MR) is 139 cm³/mol. The Balaban J connectivity index is 1.41. The van der Waals surface area contributed by atoms with Gasteiger partial charge in [0.2, 0.25) is 6.29 Å². The first-order chi connectivity index (χ1) is 20.0. The molecule has 9 atom stereocenters. The fraction of sp³-hybridized carbons (Fsp3) is 0.444. The molecule has 5 rings (SSSR count). The molecule has 1 aromatic heterocycles. The van der Waals surface area contributed by atoms with E-state index in [1.807, 2.05) is 0 Å². The van der Waals surface area contributed by atoms with E-state index >= 15 is 0 Å². The quantitative estimate of drug-likeness (QED) is 0.146. The van der Waals surface area contributed by atoms with Crippen LogP contribution in [0.1, 0.15) is 0 Å². The minimum Gasteiger partial charge on any atom is -0.504 e. The maximum absolute atomic E-state index is 13.2.